The van der Waals surface area contributed by atoms with Gasteiger partial charge in [0.1, 0.15) is 6.61 Å². The summed E-state index contributed by atoms with van der Waals surface area (Å²) < 4.78 is 4.85. The molecule has 0 bridgehead atoms. The maximum Gasteiger partial charge on any atom is 0.334 e. The minimum absolute atomic E-state index is 0.121. The summed E-state index contributed by atoms with van der Waals surface area (Å²) in [6, 6.07) is 0. The number of rotatable bonds is 6. The van der Waals surface area contributed by atoms with E-state index < -0.39 is 5.97 Å². The molecule has 19 heavy (non-hydrogen) atoms. The zero-order valence-corrected chi connectivity index (χ0v) is 10.7. The molecule has 0 aliphatic heterocycles. The fourth-order valence-electron chi connectivity index (χ4n) is 2.36. The molecule has 2 aliphatic carbocycles. The van der Waals surface area contributed by atoms with E-state index in [1.165, 1.54) is 0 Å². The standard InChI is InChI=1S/C16H16O3/c1-12(16(18)19-11-10-17)15(13-6-2-3-7-13)14-8-4-5-9-14/h2-6,8,10,15H,1,7,9,11H2. The second-order valence-corrected chi connectivity index (χ2v) is 4.47. The Bertz CT molecular complexity index is 488. The third-order valence-corrected chi connectivity index (χ3v) is 3.23. The van der Waals surface area contributed by atoms with Crippen LogP contribution in [0.25, 0.3) is 0 Å². The average Bonchev–Trinajstić information content (AvgIpc) is 3.09. The lowest BCUT2D eigenvalue weighted by atomic mass is 9.83. The Morgan fingerprint density at radius 2 is 1.84 bits per heavy atom. The Kier molecular flexibility index (Phi) is 4.29. The fraction of sp³-hybridized carbons (Fsp3) is 0.250. The van der Waals surface area contributed by atoms with Crippen LogP contribution in [0.5, 0.6) is 0 Å². The lowest BCUT2D eigenvalue weighted by molar-refractivity contribution is -0.141. The molecular formula is C16H16O3. The van der Waals surface area contributed by atoms with Crippen LogP contribution in [0.4, 0.5) is 0 Å². The summed E-state index contributed by atoms with van der Waals surface area (Å²) in [6.07, 6.45) is 14.3. The summed E-state index contributed by atoms with van der Waals surface area (Å²) in [5.74, 6) is -0.623. The highest BCUT2D eigenvalue weighted by atomic mass is 16.5. The molecule has 0 N–H and O–H groups in total. The lowest BCUT2D eigenvalue weighted by Crippen LogP contribution is -2.19. The van der Waals surface area contributed by atoms with Gasteiger partial charge in [-0.2, -0.15) is 0 Å². The summed E-state index contributed by atoms with van der Waals surface area (Å²) >= 11 is 0. The first-order valence-corrected chi connectivity index (χ1v) is 6.24. The third-order valence-electron chi connectivity index (χ3n) is 3.23. The summed E-state index contributed by atoms with van der Waals surface area (Å²) in [6.45, 7) is 3.65. The predicted molar refractivity (Wildman–Crippen MR) is 73.3 cm³/mol. The maximum absolute atomic E-state index is 11.9. The maximum atomic E-state index is 11.9. The van der Waals surface area contributed by atoms with E-state index in [0.717, 1.165) is 24.0 Å². The topological polar surface area (TPSA) is 43.4 Å². The van der Waals surface area contributed by atoms with Crippen LogP contribution in [0.1, 0.15) is 12.8 Å². The molecule has 0 saturated carbocycles. The largest absolute Gasteiger partial charge is 0.455 e. The molecule has 2 rings (SSSR count). The Hall–Kier alpha value is -2.16. The van der Waals surface area contributed by atoms with E-state index in [-0.39, 0.29) is 12.5 Å². The minimum Gasteiger partial charge on any atom is -0.455 e. The fourth-order valence-corrected chi connectivity index (χ4v) is 2.36. The number of allylic oxidation sites excluding steroid dienone is 8. The normalized spacial score (nSPS) is 16.5. The average molecular weight is 256 g/mol. The van der Waals surface area contributed by atoms with Crippen molar-refractivity contribution in [3.63, 3.8) is 0 Å². The number of carbonyl (C=O) groups is 2. The van der Waals surface area contributed by atoms with Gasteiger partial charge >= 0.3 is 5.97 Å². The Balaban J connectivity index is 2.15. The second kappa shape index (κ2) is 6.14. The molecule has 0 aromatic heterocycles. The van der Waals surface area contributed by atoms with E-state index in [9.17, 15) is 9.59 Å². The van der Waals surface area contributed by atoms with Crippen molar-refractivity contribution >= 4 is 12.3 Å². The highest BCUT2D eigenvalue weighted by molar-refractivity contribution is 5.90. The number of esters is 1. The first-order chi connectivity index (χ1) is 9.24. The van der Waals surface area contributed by atoms with Gasteiger partial charge in [0.2, 0.25) is 0 Å². The van der Waals surface area contributed by atoms with Crippen LogP contribution < -0.4 is 0 Å². The molecule has 0 aromatic rings. The number of hydrogen-bond donors (Lipinski definition) is 0. The molecule has 0 unspecified atom stereocenters. The van der Waals surface area contributed by atoms with Gasteiger partial charge in [0.15, 0.2) is 6.29 Å². The van der Waals surface area contributed by atoms with Gasteiger partial charge in [0.25, 0.3) is 0 Å². The summed E-state index contributed by atoms with van der Waals surface area (Å²) in [5, 5.41) is 0. The van der Waals surface area contributed by atoms with Gasteiger partial charge in [-0.05, 0) is 12.8 Å². The Morgan fingerprint density at radius 3 is 2.26 bits per heavy atom. The molecule has 0 fully saturated rings. The molecule has 0 spiro atoms. The smallest absolute Gasteiger partial charge is 0.334 e. The molecule has 0 amide bonds. The quantitative estimate of drug-likeness (QED) is 0.417. The monoisotopic (exact) mass is 256 g/mol. The molecule has 0 heterocycles. The lowest BCUT2D eigenvalue weighted by Gasteiger charge is -2.21. The summed E-state index contributed by atoms with van der Waals surface area (Å²) in [4.78, 5) is 22.1. The van der Waals surface area contributed by atoms with Crippen molar-refractivity contribution < 1.29 is 14.3 Å². The Morgan fingerprint density at radius 1 is 1.26 bits per heavy atom. The van der Waals surface area contributed by atoms with E-state index in [0.29, 0.717) is 11.9 Å². The van der Waals surface area contributed by atoms with Crippen LogP contribution in [0.2, 0.25) is 0 Å². The van der Waals surface area contributed by atoms with Crippen LogP contribution >= 0.6 is 0 Å². The van der Waals surface area contributed by atoms with Crippen LogP contribution in [-0.2, 0) is 14.3 Å². The predicted octanol–water partition coefficient (Wildman–Crippen LogP) is 2.67. The van der Waals surface area contributed by atoms with Crippen LogP contribution in [0.15, 0.2) is 59.8 Å². The van der Waals surface area contributed by atoms with Gasteiger partial charge < -0.3 is 4.74 Å². The minimum atomic E-state index is -0.502. The van der Waals surface area contributed by atoms with Crippen molar-refractivity contribution in [2.45, 2.75) is 12.8 Å². The van der Waals surface area contributed by atoms with Crippen LogP contribution in [-0.4, -0.2) is 18.9 Å². The van der Waals surface area contributed by atoms with Crippen LogP contribution in [0, 0.1) is 5.92 Å². The van der Waals surface area contributed by atoms with E-state index in [1.54, 1.807) is 0 Å². The van der Waals surface area contributed by atoms with Crippen molar-refractivity contribution in [1.82, 2.24) is 0 Å². The van der Waals surface area contributed by atoms with Gasteiger partial charge in [-0.25, -0.2) is 4.79 Å². The molecule has 0 radical (unpaired) electrons. The molecule has 0 atom stereocenters. The van der Waals surface area contributed by atoms with E-state index >= 15 is 0 Å². The molecule has 0 aromatic carbocycles. The van der Waals surface area contributed by atoms with Gasteiger partial charge in [0, 0.05) is 11.5 Å². The zero-order valence-electron chi connectivity index (χ0n) is 10.7. The van der Waals surface area contributed by atoms with Gasteiger partial charge in [-0.3, -0.25) is 4.79 Å². The van der Waals surface area contributed by atoms with Gasteiger partial charge in [-0.1, -0.05) is 54.2 Å². The molecule has 3 heteroatoms. The van der Waals surface area contributed by atoms with Gasteiger partial charge in [-0.15, -0.1) is 0 Å². The van der Waals surface area contributed by atoms with Crippen molar-refractivity contribution in [1.29, 1.82) is 0 Å². The van der Waals surface area contributed by atoms with Gasteiger partial charge in [0.05, 0.1) is 0 Å². The number of carbonyl (C=O) groups excluding carboxylic acids is 2. The summed E-state index contributed by atoms with van der Waals surface area (Å²) in [7, 11) is 0. The zero-order chi connectivity index (χ0) is 13.7. The molecule has 3 nitrogen and oxygen atoms in total. The molecule has 2 aliphatic rings. The molecule has 98 valence electrons. The highest BCUT2D eigenvalue weighted by Crippen LogP contribution is 2.36. The first-order valence-electron chi connectivity index (χ1n) is 6.24. The van der Waals surface area contributed by atoms with Crippen molar-refractivity contribution in [3.05, 3.63) is 59.8 Å². The van der Waals surface area contributed by atoms with Crippen molar-refractivity contribution in [2.24, 2.45) is 5.92 Å². The van der Waals surface area contributed by atoms with Crippen LogP contribution in [0.3, 0.4) is 0 Å². The highest BCUT2D eigenvalue weighted by Gasteiger charge is 2.27. The second-order valence-electron chi connectivity index (χ2n) is 4.47. The van der Waals surface area contributed by atoms with Crippen molar-refractivity contribution in [2.75, 3.05) is 6.61 Å². The molecular weight excluding hydrogens is 240 g/mol. The number of hydrogen-bond acceptors (Lipinski definition) is 3. The summed E-state index contributed by atoms with van der Waals surface area (Å²) in [5.41, 5.74) is 2.68. The van der Waals surface area contributed by atoms with E-state index in [2.05, 4.69) is 18.7 Å². The van der Waals surface area contributed by atoms with E-state index in [1.807, 2.05) is 24.3 Å². The third kappa shape index (κ3) is 2.99. The Labute approximate surface area is 112 Å². The molecule has 0 saturated heterocycles. The number of ether oxygens (including phenoxy) is 1. The van der Waals surface area contributed by atoms with E-state index in [4.69, 9.17) is 4.74 Å². The first kappa shape index (κ1) is 13.3. The SMILES string of the molecule is C=C(C(=O)OCC=O)C(C1=CC=CC1)C1=CC=CC1. The number of aldehydes is 1. The van der Waals surface area contributed by atoms with Crippen molar-refractivity contribution in [3.8, 4) is 0 Å².